The summed E-state index contributed by atoms with van der Waals surface area (Å²) in [5, 5.41) is 15.8. The number of rotatable bonds is 3. The largest absolute Gasteiger partial charge is 0.480 e. The van der Waals surface area contributed by atoms with Crippen molar-refractivity contribution in [2.75, 3.05) is 19.7 Å². The Morgan fingerprint density at radius 1 is 1.71 bits per heavy atom. The molecule has 2 heterocycles. The van der Waals surface area contributed by atoms with E-state index in [9.17, 15) is 4.79 Å². The lowest BCUT2D eigenvalue weighted by molar-refractivity contribution is -0.146. The molecule has 1 aliphatic rings. The van der Waals surface area contributed by atoms with Crippen LogP contribution in [0.4, 0.5) is 0 Å². The number of morpholine rings is 1. The van der Waals surface area contributed by atoms with Crippen molar-refractivity contribution in [1.82, 2.24) is 20.1 Å². The normalized spacial score (nSPS) is 23.5. The highest BCUT2D eigenvalue weighted by Crippen LogP contribution is 2.20. The molecule has 0 spiro atoms. The zero-order valence-corrected chi connectivity index (χ0v) is 9.88. The number of H-pyrrole nitrogens is 1. The van der Waals surface area contributed by atoms with E-state index in [4.69, 9.17) is 9.84 Å². The van der Waals surface area contributed by atoms with Crippen LogP contribution in [0.2, 0.25) is 0 Å². The van der Waals surface area contributed by atoms with Crippen molar-refractivity contribution in [3.63, 3.8) is 0 Å². The fourth-order valence-corrected chi connectivity index (χ4v) is 1.84. The highest BCUT2D eigenvalue weighted by atomic mass is 16.5. The third kappa shape index (κ3) is 2.62. The molecule has 1 aromatic heterocycles. The summed E-state index contributed by atoms with van der Waals surface area (Å²) in [6.45, 7) is 5.11. The van der Waals surface area contributed by atoms with Crippen LogP contribution >= 0.6 is 0 Å². The van der Waals surface area contributed by atoms with Crippen molar-refractivity contribution in [3.05, 3.63) is 11.6 Å². The van der Waals surface area contributed by atoms with Crippen LogP contribution in [-0.4, -0.2) is 56.9 Å². The molecule has 2 N–H and O–H groups in total. The molecule has 0 aliphatic carbocycles. The summed E-state index contributed by atoms with van der Waals surface area (Å²) in [7, 11) is 0. The molecule has 7 heteroatoms. The average molecular weight is 240 g/mol. The van der Waals surface area contributed by atoms with Gasteiger partial charge in [-0.3, -0.25) is 14.8 Å². The van der Waals surface area contributed by atoms with E-state index in [1.54, 1.807) is 6.92 Å². The Labute approximate surface area is 98.8 Å². The van der Waals surface area contributed by atoms with Crippen LogP contribution in [0.1, 0.15) is 24.7 Å². The number of hydrogen-bond donors (Lipinski definition) is 2. The van der Waals surface area contributed by atoms with Crippen molar-refractivity contribution >= 4 is 5.97 Å². The highest BCUT2D eigenvalue weighted by molar-refractivity contribution is 5.72. The Morgan fingerprint density at radius 3 is 3.06 bits per heavy atom. The van der Waals surface area contributed by atoms with Gasteiger partial charge in [-0.05, 0) is 13.8 Å². The molecule has 2 atom stereocenters. The fraction of sp³-hybridized carbons (Fsp3) is 0.700. The van der Waals surface area contributed by atoms with Gasteiger partial charge >= 0.3 is 5.97 Å². The molecular weight excluding hydrogens is 224 g/mol. The van der Waals surface area contributed by atoms with Crippen molar-refractivity contribution in [2.45, 2.75) is 26.0 Å². The number of carboxylic acids is 1. The number of carbonyl (C=O) groups is 1. The summed E-state index contributed by atoms with van der Waals surface area (Å²) < 4.78 is 5.56. The first-order valence-corrected chi connectivity index (χ1v) is 5.55. The minimum absolute atomic E-state index is 0.254. The summed E-state index contributed by atoms with van der Waals surface area (Å²) in [6.07, 6.45) is -0.254. The first-order valence-electron chi connectivity index (χ1n) is 5.55. The summed E-state index contributed by atoms with van der Waals surface area (Å²) in [6, 6.07) is -0.513. The van der Waals surface area contributed by atoms with Crippen molar-refractivity contribution < 1.29 is 14.6 Å². The Kier molecular flexibility index (Phi) is 3.39. The minimum atomic E-state index is -0.822. The van der Waals surface area contributed by atoms with E-state index in [1.807, 2.05) is 11.8 Å². The number of hydrogen-bond acceptors (Lipinski definition) is 5. The molecule has 2 rings (SSSR count). The van der Waals surface area contributed by atoms with Gasteiger partial charge in [-0.2, -0.15) is 5.10 Å². The standard InChI is InChI=1S/C10H16N4O3/c1-6(10(15)16)14-3-4-17-8(5-14)9-11-7(2)12-13-9/h6,8H,3-5H2,1-2H3,(H,15,16)(H,11,12,13)/t6-,8+/m0/s1. The van der Waals surface area contributed by atoms with Gasteiger partial charge < -0.3 is 9.84 Å². The molecule has 1 aliphatic heterocycles. The quantitative estimate of drug-likeness (QED) is 0.770. The van der Waals surface area contributed by atoms with Gasteiger partial charge in [0.1, 0.15) is 18.0 Å². The molecule has 0 bridgehead atoms. The summed E-state index contributed by atoms with van der Waals surface area (Å²) in [4.78, 5) is 17.0. The second-order valence-electron chi connectivity index (χ2n) is 4.15. The number of aromatic amines is 1. The van der Waals surface area contributed by atoms with Crippen LogP contribution in [-0.2, 0) is 9.53 Å². The number of aromatic nitrogens is 3. The van der Waals surface area contributed by atoms with E-state index in [0.29, 0.717) is 25.5 Å². The third-order valence-corrected chi connectivity index (χ3v) is 2.91. The second kappa shape index (κ2) is 4.80. The molecule has 0 unspecified atom stereocenters. The molecule has 0 radical (unpaired) electrons. The van der Waals surface area contributed by atoms with Crippen LogP contribution in [0.25, 0.3) is 0 Å². The van der Waals surface area contributed by atoms with E-state index in [-0.39, 0.29) is 6.10 Å². The zero-order chi connectivity index (χ0) is 12.4. The number of carboxylic acid groups (broad SMARTS) is 1. The molecule has 0 aromatic carbocycles. The van der Waals surface area contributed by atoms with Gasteiger partial charge in [0.2, 0.25) is 0 Å². The van der Waals surface area contributed by atoms with Gasteiger partial charge in [0, 0.05) is 13.1 Å². The maximum atomic E-state index is 10.9. The topological polar surface area (TPSA) is 91.3 Å². The Hall–Kier alpha value is -1.47. The van der Waals surface area contributed by atoms with Crippen molar-refractivity contribution in [1.29, 1.82) is 0 Å². The number of ether oxygens (including phenoxy) is 1. The number of aryl methyl sites for hydroxylation is 1. The monoisotopic (exact) mass is 240 g/mol. The molecule has 94 valence electrons. The lowest BCUT2D eigenvalue weighted by Gasteiger charge is -2.33. The molecule has 0 saturated carbocycles. The smallest absolute Gasteiger partial charge is 0.320 e. The molecule has 1 aromatic rings. The second-order valence-corrected chi connectivity index (χ2v) is 4.15. The van der Waals surface area contributed by atoms with Gasteiger partial charge in [-0.1, -0.05) is 0 Å². The van der Waals surface area contributed by atoms with E-state index in [2.05, 4.69) is 15.2 Å². The number of nitrogens with zero attached hydrogens (tertiary/aromatic N) is 3. The van der Waals surface area contributed by atoms with E-state index in [1.165, 1.54) is 0 Å². The van der Waals surface area contributed by atoms with E-state index < -0.39 is 12.0 Å². The van der Waals surface area contributed by atoms with Gasteiger partial charge in [0.25, 0.3) is 0 Å². The summed E-state index contributed by atoms with van der Waals surface area (Å²) in [5.74, 6) is 0.494. The van der Waals surface area contributed by atoms with Crippen molar-refractivity contribution in [3.8, 4) is 0 Å². The molecule has 0 amide bonds. The Bertz CT molecular complexity index is 406. The first kappa shape index (κ1) is 12.0. The number of aliphatic carboxylic acids is 1. The van der Waals surface area contributed by atoms with Gasteiger partial charge in [0.15, 0.2) is 5.82 Å². The fourth-order valence-electron chi connectivity index (χ4n) is 1.84. The van der Waals surface area contributed by atoms with Crippen molar-refractivity contribution in [2.24, 2.45) is 0 Å². The maximum Gasteiger partial charge on any atom is 0.320 e. The van der Waals surface area contributed by atoms with Gasteiger partial charge in [0.05, 0.1) is 6.61 Å². The summed E-state index contributed by atoms with van der Waals surface area (Å²) in [5.41, 5.74) is 0. The Morgan fingerprint density at radius 2 is 2.47 bits per heavy atom. The predicted molar refractivity (Wildman–Crippen MR) is 58.5 cm³/mol. The van der Waals surface area contributed by atoms with E-state index in [0.717, 1.165) is 5.82 Å². The highest BCUT2D eigenvalue weighted by Gasteiger charge is 2.30. The molecule has 17 heavy (non-hydrogen) atoms. The minimum Gasteiger partial charge on any atom is -0.480 e. The average Bonchev–Trinajstić information content (AvgIpc) is 2.75. The van der Waals surface area contributed by atoms with Gasteiger partial charge in [-0.25, -0.2) is 4.98 Å². The SMILES string of the molecule is Cc1nc([C@H]2CN([C@@H](C)C(=O)O)CCO2)n[nH]1. The van der Waals surface area contributed by atoms with Crippen LogP contribution < -0.4 is 0 Å². The molecule has 7 nitrogen and oxygen atoms in total. The van der Waals surface area contributed by atoms with Crippen LogP contribution in [0.3, 0.4) is 0 Å². The third-order valence-electron chi connectivity index (χ3n) is 2.91. The first-order chi connectivity index (χ1) is 8.08. The van der Waals surface area contributed by atoms with E-state index >= 15 is 0 Å². The molecular formula is C10H16N4O3. The maximum absolute atomic E-state index is 10.9. The molecule has 1 fully saturated rings. The lowest BCUT2D eigenvalue weighted by Crippen LogP contribution is -2.47. The van der Waals surface area contributed by atoms with Crippen LogP contribution in [0, 0.1) is 6.92 Å². The number of nitrogens with one attached hydrogen (secondary N) is 1. The predicted octanol–water partition coefficient (Wildman–Crippen LogP) is -0.0405. The zero-order valence-electron chi connectivity index (χ0n) is 9.88. The van der Waals surface area contributed by atoms with Crippen LogP contribution in [0.15, 0.2) is 0 Å². The Balaban J connectivity index is 2.04. The van der Waals surface area contributed by atoms with Crippen LogP contribution in [0.5, 0.6) is 0 Å². The van der Waals surface area contributed by atoms with Gasteiger partial charge in [-0.15, -0.1) is 0 Å². The lowest BCUT2D eigenvalue weighted by atomic mass is 10.2. The summed E-state index contributed by atoms with van der Waals surface area (Å²) >= 11 is 0. The molecule has 1 saturated heterocycles.